The van der Waals surface area contributed by atoms with E-state index in [2.05, 4.69) is 29.4 Å². The molecule has 1 fully saturated rings. The van der Waals surface area contributed by atoms with Gasteiger partial charge in [0, 0.05) is 0 Å². The van der Waals surface area contributed by atoms with Gasteiger partial charge < -0.3 is 10.1 Å². The second-order valence-corrected chi connectivity index (χ2v) is 6.28. The third-order valence-corrected chi connectivity index (χ3v) is 4.55. The number of hydrogen-bond donors (Lipinski definition) is 1. The summed E-state index contributed by atoms with van der Waals surface area (Å²) in [5.41, 5.74) is 2.97. The van der Waals surface area contributed by atoms with Gasteiger partial charge in [0.1, 0.15) is 11.4 Å². The maximum atomic E-state index is 12.1. The lowest BCUT2D eigenvalue weighted by molar-refractivity contribution is -0.115. The lowest BCUT2D eigenvalue weighted by atomic mass is 10.1. The largest absolute Gasteiger partial charge is 0.494 e. The van der Waals surface area contributed by atoms with Gasteiger partial charge in [-0.25, -0.2) is 4.99 Å². The average Bonchev–Trinajstić information content (AvgIpc) is 2.95. The van der Waals surface area contributed by atoms with Crippen LogP contribution in [0, 0.1) is 0 Å². The van der Waals surface area contributed by atoms with Crippen molar-refractivity contribution in [3.63, 3.8) is 0 Å². The molecule has 1 amide bonds. The van der Waals surface area contributed by atoms with Crippen LogP contribution in [0.25, 0.3) is 6.08 Å². The number of methoxy groups -OCH3 is 1. The van der Waals surface area contributed by atoms with E-state index in [9.17, 15) is 4.79 Å². The molecule has 0 bridgehead atoms. The number of amides is 1. The number of amidine groups is 1. The van der Waals surface area contributed by atoms with Gasteiger partial charge in [0.15, 0.2) is 5.17 Å². The Morgan fingerprint density at radius 2 is 1.92 bits per heavy atom. The number of carbonyl (C=O) groups is 1. The summed E-state index contributed by atoms with van der Waals surface area (Å²) in [4.78, 5) is 17.3. The summed E-state index contributed by atoms with van der Waals surface area (Å²) in [6, 6.07) is 15.7. The van der Waals surface area contributed by atoms with E-state index in [1.165, 1.54) is 17.3 Å². The highest BCUT2D eigenvalue weighted by molar-refractivity contribution is 8.18. The molecule has 2 aromatic rings. The molecular weight excluding hydrogens is 320 g/mol. The Bertz CT molecular complexity index is 810. The Kier molecular flexibility index (Phi) is 5.01. The minimum absolute atomic E-state index is 0.131. The van der Waals surface area contributed by atoms with E-state index in [1.807, 2.05) is 42.5 Å². The molecule has 0 aromatic heterocycles. The van der Waals surface area contributed by atoms with E-state index >= 15 is 0 Å². The summed E-state index contributed by atoms with van der Waals surface area (Å²) < 4.78 is 5.28. The van der Waals surface area contributed by atoms with E-state index in [1.54, 1.807) is 7.11 Å². The van der Waals surface area contributed by atoms with Crippen LogP contribution >= 0.6 is 11.8 Å². The average molecular weight is 338 g/mol. The van der Waals surface area contributed by atoms with Crippen LogP contribution in [0.5, 0.6) is 5.75 Å². The van der Waals surface area contributed by atoms with Crippen LogP contribution in [0.4, 0.5) is 5.69 Å². The van der Waals surface area contributed by atoms with Gasteiger partial charge in [-0.05, 0) is 47.5 Å². The van der Waals surface area contributed by atoms with Gasteiger partial charge in [-0.1, -0.05) is 43.3 Å². The summed E-state index contributed by atoms with van der Waals surface area (Å²) in [5.74, 6) is 0.542. The van der Waals surface area contributed by atoms with Crippen molar-refractivity contribution >= 4 is 34.6 Å². The van der Waals surface area contributed by atoms with Crippen molar-refractivity contribution in [3.8, 4) is 5.75 Å². The van der Waals surface area contributed by atoms with Crippen molar-refractivity contribution in [1.82, 2.24) is 5.32 Å². The molecule has 1 aliphatic rings. The van der Waals surface area contributed by atoms with Crippen LogP contribution < -0.4 is 10.1 Å². The minimum Gasteiger partial charge on any atom is -0.494 e. The van der Waals surface area contributed by atoms with Crippen molar-refractivity contribution in [2.24, 2.45) is 4.99 Å². The Morgan fingerprint density at radius 1 is 1.17 bits per heavy atom. The minimum atomic E-state index is -0.131. The predicted molar refractivity (Wildman–Crippen MR) is 99.6 cm³/mol. The molecule has 1 aliphatic heterocycles. The topological polar surface area (TPSA) is 50.7 Å². The fourth-order valence-electron chi connectivity index (χ4n) is 2.31. The maximum Gasteiger partial charge on any atom is 0.264 e. The van der Waals surface area contributed by atoms with Crippen molar-refractivity contribution in [2.45, 2.75) is 13.3 Å². The van der Waals surface area contributed by atoms with Crippen LogP contribution in [0.3, 0.4) is 0 Å². The zero-order chi connectivity index (χ0) is 16.9. The molecule has 0 saturated carbocycles. The molecule has 2 aromatic carbocycles. The molecule has 0 spiro atoms. The number of benzene rings is 2. The highest BCUT2D eigenvalue weighted by atomic mass is 32.2. The fourth-order valence-corrected chi connectivity index (χ4v) is 3.15. The first-order valence-corrected chi connectivity index (χ1v) is 8.53. The van der Waals surface area contributed by atoms with E-state index in [0.29, 0.717) is 21.5 Å². The standard InChI is InChI=1S/C19H18N2O2S/c1-3-13-8-10-14(11-9-13)12-17-18(22)21-19(24-17)20-15-6-4-5-7-16(15)23-2/h4-12H,3H2,1-2H3,(H,20,21,22). The SMILES string of the molecule is CCc1ccc(C=C2SC(=Nc3ccccc3OC)NC2=O)cc1. The lowest BCUT2D eigenvalue weighted by Crippen LogP contribution is -2.19. The maximum absolute atomic E-state index is 12.1. The van der Waals surface area contributed by atoms with E-state index < -0.39 is 0 Å². The molecule has 0 unspecified atom stereocenters. The Labute approximate surface area is 145 Å². The van der Waals surface area contributed by atoms with Gasteiger partial charge in [0.05, 0.1) is 12.0 Å². The van der Waals surface area contributed by atoms with Gasteiger partial charge in [0.25, 0.3) is 5.91 Å². The number of rotatable bonds is 4. The third-order valence-electron chi connectivity index (χ3n) is 3.64. The lowest BCUT2D eigenvalue weighted by Gasteiger charge is -2.03. The quantitative estimate of drug-likeness (QED) is 0.852. The molecule has 0 aliphatic carbocycles. The number of nitrogens with zero attached hydrogens (tertiary/aromatic N) is 1. The second kappa shape index (κ2) is 7.36. The Balaban J connectivity index is 1.82. The number of carbonyl (C=O) groups excluding carboxylic acids is 1. The monoisotopic (exact) mass is 338 g/mol. The molecule has 0 radical (unpaired) electrons. The Hall–Kier alpha value is -2.53. The summed E-state index contributed by atoms with van der Waals surface area (Å²) in [6.45, 7) is 2.12. The molecule has 0 atom stereocenters. The second-order valence-electron chi connectivity index (χ2n) is 5.25. The van der Waals surface area contributed by atoms with Crippen LogP contribution in [-0.2, 0) is 11.2 Å². The van der Waals surface area contributed by atoms with Gasteiger partial charge in [-0.2, -0.15) is 0 Å². The van der Waals surface area contributed by atoms with Gasteiger partial charge in [0.2, 0.25) is 0 Å². The molecule has 24 heavy (non-hydrogen) atoms. The summed E-state index contributed by atoms with van der Waals surface area (Å²) in [6.07, 6.45) is 2.88. The van der Waals surface area contributed by atoms with E-state index in [0.717, 1.165) is 12.0 Å². The van der Waals surface area contributed by atoms with Crippen LogP contribution in [0.15, 0.2) is 58.4 Å². The number of aliphatic imine (C=N–C) groups is 1. The molecule has 5 heteroatoms. The van der Waals surface area contributed by atoms with Gasteiger partial charge in [-0.3, -0.25) is 4.79 Å². The van der Waals surface area contributed by atoms with Crippen LogP contribution in [0.2, 0.25) is 0 Å². The summed E-state index contributed by atoms with van der Waals surface area (Å²) in [5, 5.41) is 3.35. The molecule has 122 valence electrons. The zero-order valence-electron chi connectivity index (χ0n) is 13.6. The first-order chi connectivity index (χ1) is 11.7. The van der Waals surface area contributed by atoms with E-state index in [4.69, 9.17) is 4.74 Å². The highest BCUT2D eigenvalue weighted by Gasteiger charge is 2.24. The van der Waals surface area contributed by atoms with Crippen LogP contribution in [-0.4, -0.2) is 18.2 Å². The molecular formula is C19H18N2O2S. The fraction of sp³-hybridized carbons (Fsp3) is 0.158. The van der Waals surface area contributed by atoms with Crippen LogP contribution in [0.1, 0.15) is 18.1 Å². The molecule has 1 saturated heterocycles. The number of thioether (sulfide) groups is 1. The summed E-state index contributed by atoms with van der Waals surface area (Å²) in [7, 11) is 1.60. The zero-order valence-corrected chi connectivity index (χ0v) is 14.4. The van der Waals surface area contributed by atoms with E-state index in [-0.39, 0.29) is 5.91 Å². The smallest absolute Gasteiger partial charge is 0.264 e. The van der Waals surface area contributed by atoms with Gasteiger partial charge in [-0.15, -0.1) is 0 Å². The molecule has 1 heterocycles. The number of para-hydroxylation sites is 2. The van der Waals surface area contributed by atoms with Gasteiger partial charge >= 0.3 is 0 Å². The van der Waals surface area contributed by atoms with Crippen molar-refractivity contribution < 1.29 is 9.53 Å². The normalized spacial score (nSPS) is 17.3. The molecule has 1 N–H and O–H groups in total. The van der Waals surface area contributed by atoms with Crippen molar-refractivity contribution in [1.29, 1.82) is 0 Å². The number of ether oxygens (including phenoxy) is 1. The molecule has 4 nitrogen and oxygen atoms in total. The first kappa shape index (κ1) is 16.3. The summed E-state index contributed by atoms with van der Waals surface area (Å²) >= 11 is 1.33. The number of hydrogen-bond acceptors (Lipinski definition) is 4. The Morgan fingerprint density at radius 3 is 2.62 bits per heavy atom. The third kappa shape index (κ3) is 3.68. The number of nitrogens with one attached hydrogen (secondary N) is 1. The highest BCUT2D eigenvalue weighted by Crippen LogP contribution is 2.31. The predicted octanol–water partition coefficient (Wildman–Crippen LogP) is 4.15. The van der Waals surface area contributed by atoms with Crippen molar-refractivity contribution in [2.75, 3.05) is 7.11 Å². The molecule has 3 rings (SSSR count). The van der Waals surface area contributed by atoms with Crippen molar-refractivity contribution in [3.05, 3.63) is 64.6 Å². The number of aryl methyl sites for hydroxylation is 1. The first-order valence-electron chi connectivity index (χ1n) is 7.71.